The first-order valence-electron chi connectivity index (χ1n) is 20.7. The normalized spacial score (nSPS) is 19.3. The molecule has 4 aromatic carbocycles. The molecule has 0 spiro atoms. The Morgan fingerprint density at radius 3 is 0.984 bits per heavy atom. The first kappa shape index (κ1) is 52.0. The van der Waals surface area contributed by atoms with E-state index in [9.17, 15) is 29.4 Å². The molecule has 0 unspecified atom stereocenters. The van der Waals surface area contributed by atoms with Crippen molar-refractivity contribution in [2.75, 3.05) is 13.1 Å². The number of carbonyl (C=O) groups is 4. The maximum Gasteiger partial charge on any atom is 0.254 e. The Labute approximate surface area is 413 Å². The van der Waals surface area contributed by atoms with Gasteiger partial charge < -0.3 is 30.6 Å². The van der Waals surface area contributed by atoms with Crippen molar-refractivity contribution in [2.24, 2.45) is 0 Å². The Morgan fingerprint density at radius 1 is 0.469 bits per heavy atom. The number of aliphatic hydroxyl groups is 2. The summed E-state index contributed by atoms with van der Waals surface area (Å²) in [6.45, 7) is 3.47. The average Bonchev–Trinajstić information content (AvgIpc) is 3.20. The SMILES string of the molecule is C[C@H](O)CN(C(=O)c1cc(Cl)cc(Cl)c1)[C@@H]1CCCC[C@H]1NC(=O)c1cc(Cl)cc(Cl)c1.C[C@H](O)CN(C(=O)c1cc(Cl)cc(Cl)c1)[C@@H]1CCCC[C@H]1NC(=O)c1cc(Cl)cc(Cl)c1. The van der Waals surface area contributed by atoms with Gasteiger partial charge in [0, 0.05) is 87.6 Å². The number of carbonyl (C=O) groups excluding carboxylic acids is 4. The van der Waals surface area contributed by atoms with Gasteiger partial charge in [-0.2, -0.15) is 0 Å². The number of nitrogens with one attached hydrogen (secondary N) is 2. The van der Waals surface area contributed by atoms with E-state index in [1.807, 2.05) is 0 Å². The zero-order valence-corrected chi connectivity index (χ0v) is 41.0. The van der Waals surface area contributed by atoms with E-state index in [1.165, 1.54) is 0 Å². The topological polar surface area (TPSA) is 139 Å². The van der Waals surface area contributed by atoms with Crippen LogP contribution in [0.4, 0.5) is 0 Å². The van der Waals surface area contributed by atoms with Gasteiger partial charge in [-0.05, 0) is 112 Å². The van der Waals surface area contributed by atoms with Crippen molar-refractivity contribution in [3.8, 4) is 0 Å². The van der Waals surface area contributed by atoms with E-state index in [0.29, 0.717) is 88.1 Å². The minimum Gasteiger partial charge on any atom is -0.392 e. The molecule has 0 aliphatic heterocycles. The van der Waals surface area contributed by atoms with Crippen LogP contribution < -0.4 is 10.6 Å². The molecule has 344 valence electrons. The average molecular weight is 1040 g/mol. The van der Waals surface area contributed by atoms with E-state index in [4.69, 9.17) is 92.8 Å². The molecule has 4 aromatic rings. The van der Waals surface area contributed by atoms with Gasteiger partial charge in [0.1, 0.15) is 0 Å². The molecule has 2 saturated carbocycles. The van der Waals surface area contributed by atoms with Crippen LogP contribution in [0.15, 0.2) is 72.8 Å². The Hall–Kier alpha value is -3.00. The lowest BCUT2D eigenvalue weighted by molar-refractivity contribution is 0.0410. The molecule has 4 amide bonds. The van der Waals surface area contributed by atoms with Gasteiger partial charge in [0.25, 0.3) is 23.6 Å². The fourth-order valence-electron chi connectivity index (χ4n) is 8.17. The standard InChI is InChI=1S/2C23H24Cl4N2O3/c2*1-13(30)12-29(23(32)15-8-18(26)11-19(27)9-15)21-5-3-2-4-20(21)28-22(31)14-6-16(24)10-17(25)7-14/h2*6-11,13,20-21,30H,2-5,12H2,1H3,(H,28,31)/t2*13-,20+,21+/m00/s1. The van der Waals surface area contributed by atoms with Crippen LogP contribution in [0.3, 0.4) is 0 Å². The largest absolute Gasteiger partial charge is 0.392 e. The molecule has 0 aromatic heterocycles. The third kappa shape index (κ3) is 15.0. The summed E-state index contributed by atoms with van der Waals surface area (Å²) in [7, 11) is 0. The van der Waals surface area contributed by atoms with E-state index >= 15 is 0 Å². The van der Waals surface area contributed by atoms with Crippen molar-refractivity contribution in [1.82, 2.24) is 20.4 Å². The predicted octanol–water partition coefficient (Wildman–Crippen LogP) is 11.7. The maximum atomic E-state index is 13.4. The fraction of sp³-hybridized carbons (Fsp3) is 0.391. The molecule has 2 aliphatic rings. The van der Waals surface area contributed by atoms with Gasteiger partial charge in [-0.1, -0.05) is 118 Å². The Morgan fingerprint density at radius 2 is 0.719 bits per heavy atom. The van der Waals surface area contributed by atoms with Crippen molar-refractivity contribution < 1.29 is 29.4 Å². The van der Waals surface area contributed by atoms with Crippen molar-refractivity contribution in [2.45, 2.75) is 102 Å². The third-order valence-corrected chi connectivity index (χ3v) is 12.6. The van der Waals surface area contributed by atoms with Crippen molar-refractivity contribution in [3.63, 3.8) is 0 Å². The van der Waals surface area contributed by atoms with E-state index in [-0.39, 0.29) is 60.9 Å². The van der Waals surface area contributed by atoms with Gasteiger partial charge in [-0.25, -0.2) is 0 Å². The summed E-state index contributed by atoms with van der Waals surface area (Å²) in [6.07, 6.45) is 4.91. The lowest BCUT2D eigenvalue weighted by Gasteiger charge is -2.41. The molecule has 6 rings (SSSR count). The lowest BCUT2D eigenvalue weighted by Crippen LogP contribution is -2.56. The van der Waals surface area contributed by atoms with Crippen LogP contribution in [0.1, 0.15) is 107 Å². The summed E-state index contributed by atoms with van der Waals surface area (Å²) in [5.74, 6) is -1.23. The molecule has 2 fully saturated rings. The molecule has 0 saturated heterocycles. The van der Waals surface area contributed by atoms with Gasteiger partial charge >= 0.3 is 0 Å². The number of halogens is 8. The summed E-state index contributed by atoms with van der Waals surface area (Å²) in [5.41, 5.74) is 1.37. The van der Waals surface area contributed by atoms with Crippen LogP contribution in [0.5, 0.6) is 0 Å². The summed E-state index contributed by atoms with van der Waals surface area (Å²) < 4.78 is 0. The molecular formula is C46H48Cl8N4O6. The molecule has 4 N–H and O–H groups in total. The summed E-state index contributed by atoms with van der Waals surface area (Å²) >= 11 is 48.6. The number of nitrogens with zero attached hydrogens (tertiary/aromatic N) is 2. The van der Waals surface area contributed by atoms with Crippen LogP contribution in [0, 0.1) is 0 Å². The molecule has 10 nitrogen and oxygen atoms in total. The molecular weight excluding hydrogens is 988 g/mol. The first-order valence-corrected chi connectivity index (χ1v) is 23.7. The second kappa shape index (κ2) is 24.1. The maximum absolute atomic E-state index is 13.4. The van der Waals surface area contributed by atoms with E-state index < -0.39 is 12.2 Å². The lowest BCUT2D eigenvalue weighted by atomic mass is 9.88. The first-order chi connectivity index (χ1) is 30.3. The molecule has 0 bridgehead atoms. The molecule has 18 heteroatoms. The molecule has 64 heavy (non-hydrogen) atoms. The second-order valence-corrected chi connectivity index (χ2v) is 19.6. The van der Waals surface area contributed by atoms with Crippen LogP contribution in [0.2, 0.25) is 40.2 Å². The molecule has 0 heterocycles. The smallest absolute Gasteiger partial charge is 0.254 e. The quantitative estimate of drug-likeness (QED) is 0.111. The molecule has 6 atom stereocenters. The van der Waals surface area contributed by atoms with E-state index in [1.54, 1.807) is 96.4 Å². The monoisotopic (exact) mass is 1030 g/mol. The van der Waals surface area contributed by atoms with Gasteiger partial charge in [-0.15, -0.1) is 0 Å². The highest BCUT2D eigenvalue weighted by atomic mass is 35.5. The highest BCUT2D eigenvalue weighted by Crippen LogP contribution is 2.30. The van der Waals surface area contributed by atoms with Crippen molar-refractivity contribution >= 4 is 116 Å². The summed E-state index contributed by atoms with van der Waals surface area (Å²) in [4.78, 5) is 55.9. The van der Waals surface area contributed by atoms with E-state index in [2.05, 4.69) is 10.6 Å². The fourth-order valence-corrected chi connectivity index (χ4v) is 10.3. The van der Waals surface area contributed by atoms with Crippen LogP contribution in [-0.2, 0) is 0 Å². The van der Waals surface area contributed by atoms with Gasteiger partial charge in [0.15, 0.2) is 0 Å². The van der Waals surface area contributed by atoms with Gasteiger partial charge in [0.2, 0.25) is 0 Å². The number of rotatable bonds is 12. The second-order valence-electron chi connectivity index (χ2n) is 16.1. The zero-order chi connectivity index (χ0) is 46.8. The van der Waals surface area contributed by atoms with Gasteiger partial charge in [-0.3, -0.25) is 19.2 Å². The Balaban J connectivity index is 0.000000241. The number of hydrogen-bond donors (Lipinski definition) is 4. The van der Waals surface area contributed by atoms with Crippen molar-refractivity contribution in [1.29, 1.82) is 0 Å². The van der Waals surface area contributed by atoms with Crippen molar-refractivity contribution in [3.05, 3.63) is 135 Å². The minimum absolute atomic E-state index is 0.114. The molecule has 0 radical (unpaired) electrons. The third-order valence-electron chi connectivity index (χ3n) is 10.8. The zero-order valence-electron chi connectivity index (χ0n) is 34.9. The number of aliphatic hydroxyl groups excluding tert-OH is 2. The highest BCUT2D eigenvalue weighted by Gasteiger charge is 2.37. The predicted molar refractivity (Wildman–Crippen MR) is 258 cm³/mol. The Bertz CT molecular complexity index is 2080. The van der Waals surface area contributed by atoms with Crippen LogP contribution in [0.25, 0.3) is 0 Å². The minimum atomic E-state index is -0.751. The highest BCUT2D eigenvalue weighted by molar-refractivity contribution is 6.37. The molecule has 2 aliphatic carbocycles. The number of benzene rings is 4. The van der Waals surface area contributed by atoms with Gasteiger partial charge in [0.05, 0.1) is 24.3 Å². The summed E-state index contributed by atoms with van der Waals surface area (Å²) in [6, 6.07) is 17.4. The number of amides is 4. The number of hydrogen-bond acceptors (Lipinski definition) is 6. The van der Waals surface area contributed by atoms with E-state index in [0.717, 1.165) is 25.7 Å². The van der Waals surface area contributed by atoms with Crippen LogP contribution in [-0.4, -0.2) is 93.1 Å². The Kier molecular flexibility index (Phi) is 19.6. The summed E-state index contributed by atoms with van der Waals surface area (Å²) in [5, 5.41) is 29.2. The van der Waals surface area contributed by atoms with Crippen LogP contribution >= 0.6 is 92.8 Å².